The van der Waals surface area contributed by atoms with Gasteiger partial charge in [-0.25, -0.2) is 9.97 Å². The number of hydrogen-bond acceptors (Lipinski definition) is 5. The molecule has 1 saturated heterocycles. The van der Waals surface area contributed by atoms with Crippen LogP contribution in [-0.2, 0) is 18.0 Å². The van der Waals surface area contributed by atoms with Gasteiger partial charge in [0.05, 0.1) is 12.7 Å². The van der Waals surface area contributed by atoms with Gasteiger partial charge in [-0.2, -0.15) is 0 Å². The van der Waals surface area contributed by atoms with Crippen LogP contribution in [0.1, 0.15) is 29.0 Å². The number of rotatable bonds is 7. The van der Waals surface area contributed by atoms with E-state index in [0.29, 0.717) is 19.2 Å². The summed E-state index contributed by atoms with van der Waals surface area (Å²) in [5.74, 6) is 0.251. The van der Waals surface area contributed by atoms with Crippen molar-refractivity contribution in [2.24, 2.45) is 0 Å². The number of nitrogens with one attached hydrogen (secondary N) is 1. The molecule has 0 bridgehead atoms. The van der Waals surface area contributed by atoms with Crippen molar-refractivity contribution in [3.8, 4) is 6.01 Å². The molecule has 5 aromatic rings. The zero-order valence-electron chi connectivity index (χ0n) is 20.1. The van der Waals surface area contributed by atoms with Crippen LogP contribution in [0.4, 0.5) is 0 Å². The average Bonchev–Trinajstić information content (AvgIpc) is 2.95. The Morgan fingerprint density at radius 1 is 0.722 bits per heavy atom. The Hall–Kier alpha value is -3.80. The van der Waals surface area contributed by atoms with Crippen LogP contribution < -0.4 is 10.1 Å². The normalized spacial score (nSPS) is 17.9. The number of fused-ring (bicyclic) bond motifs is 2. The van der Waals surface area contributed by atoms with Crippen LogP contribution in [-0.4, -0.2) is 29.2 Å². The Balaban J connectivity index is 1.09. The fraction of sp³-hybridized carbons (Fsp3) is 0.226. The summed E-state index contributed by atoms with van der Waals surface area (Å²) in [6.07, 6.45) is 4.84. The van der Waals surface area contributed by atoms with E-state index in [0.717, 1.165) is 30.6 Å². The zero-order valence-corrected chi connectivity index (χ0v) is 20.1. The predicted octanol–water partition coefficient (Wildman–Crippen LogP) is 6.02. The van der Waals surface area contributed by atoms with Crippen LogP contribution in [0.15, 0.2) is 97.3 Å². The highest BCUT2D eigenvalue weighted by molar-refractivity contribution is 5.83. The van der Waals surface area contributed by atoms with Crippen LogP contribution in [0.5, 0.6) is 6.01 Å². The first-order valence-electron chi connectivity index (χ1n) is 12.5. The van der Waals surface area contributed by atoms with E-state index in [4.69, 9.17) is 9.47 Å². The third-order valence-corrected chi connectivity index (χ3v) is 6.96. The summed E-state index contributed by atoms with van der Waals surface area (Å²) >= 11 is 0. The summed E-state index contributed by atoms with van der Waals surface area (Å²) in [4.78, 5) is 9.02. The summed E-state index contributed by atoms with van der Waals surface area (Å²) < 4.78 is 12.3. The van der Waals surface area contributed by atoms with E-state index >= 15 is 0 Å². The zero-order chi connectivity index (χ0) is 24.2. The Morgan fingerprint density at radius 3 is 2.00 bits per heavy atom. The van der Waals surface area contributed by atoms with Crippen molar-refractivity contribution < 1.29 is 9.47 Å². The number of nitrogens with zero attached hydrogens (tertiary/aromatic N) is 2. The number of aromatic nitrogens is 2. The minimum Gasteiger partial charge on any atom is -0.459 e. The van der Waals surface area contributed by atoms with Gasteiger partial charge in [-0.05, 0) is 63.3 Å². The molecule has 2 atom stereocenters. The highest BCUT2D eigenvalue weighted by atomic mass is 16.5. The lowest BCUT2D eigenvalue weighted by molar-refractivity contribution is 0.0105. The number of ether oxygens (including phenoxy) is 2. The molecule has 2 heterocycles. The Labute approximate surface area is 211 Å². The molecule has 0 amide bonds. The Morgan fingerprint density at radius 2 is 1.33 bits per heavy atom. The predicted molar refractivity (Wildman–Crippen MR) is 143 cm³/mol. The van der Waals surface area contributed by atoms with Gasteiger partial charge in [0.1, 0.15) is 6.61 Å². The second-order valence-corrected chi connectivity index (χ2v) is 9.40. The smallest absolute Gasteiger partial charge is 0.316 e. The van der Waals surface area contributed by atoms with Gasteiger partial charge < -0.3 is 14.8 Å². The second kappa shape index (κ2) is 10.4. The van der Waals surface area contributed by atoms with E-state index in [9.17, 15) is 0 Å². The maximum absolute atomic E-state index is 6.41. The van der Waals surface area contributed by atoms with Crippen LogP contribution in [0.2, 0.25) is 0 Å². The standard InChI is InChI=1S/C31H29N3O2/c1-3-7-26-15-22(9-11-24(26)5-1)20-35-30-19-32-14-13-29(30)28-17-33-31(34-18-28)36-21-23-10-12-25-6-2-4-8-27(25)16-23/h1-12,15-18,29-30,32H,13-14,19-21H2. The van der Waals surface area contributed by atoms with Gasteiger partial charge >= 0.3 is 6.01 Å². The molecule has 0 aliphatic carbocycles. The highest BCUT2D eigenvalue weighted by Crippen LogP contribution is 2.28. The first-order valence-corrected chi connectivity index (χ1v) is 12.5. The van der Waals surface area contributed by atoms with Gasteiger partial charge in [0, 0.05) is 24.9 Å². The van der Waals surface area contributed by atoms with Gasteiger partial charge in [-0.3, -0.25) is 0 Å². The number of piperidine rings is 1. The first kappa shape index (κ1) is 22.7. The SMILES string of the molecule is c1ccc2cc(COc3ncc(C4CCNCC4OCc4ccc5ccccc5c4)cn3)ccc2c1. The highest BCUT2D eigenvalue weighted by Gasteiger charge is 2.28. The molecule has 180 valence electrons. The van der Waals surface area contributed by atoms with Crippen molar-refractivity contribution >= 4 is 21.5 Å². The summed E-state index contributed by atoms with van der Waals surface area (Å²) in [6.45, 7) is 2.80. The van der Waals surface area contributed by atoms with Crippen molar-refractivity contribution in [1.29, 1.82) is 0 Å². The quantitative estimate of drug-likeness (QED) is 0.312. The molecule has 0 spiro atoms. The molecular weight excluding hydrogens is 446 g/mol. The van der Waals surface area contributed by atoms with Gasteiger partial charge in [0.15, 0.2) is 0 Å². The molecule has 1 N–H and O–H groups in total. The third-order valence-electron chi connectivity index (χ3n) is 6.96. The van der Waals surface area contributed by atoms with Gasteiger partial charge in [0.25, 0.3) is 0 Å². The molecule has 0 radical (unpaired) electrons. The second-order valence-electron chi connectivity index (χ2n) is 9.40. The van der Waals surface area contributed by atoms with Gasteiger partial charge in [-0.1, -0.05) is 72.8 Å². The monoisotopic (exact) mass is 475 g/mol. The van der Waals surface area contributed by atoms with Gasteiger partial charge in [-0.15, -0.1) is 0 Å². The van der Waals surface area contributed by atoms with Crippen molar-refractivity contribution in [2.45, 2.75) is 31.7 Å². The van der Waals surface area contributed by atoms with Crippen LogP contribution in [0, 0.1) is 0 Å². The lowest BCUT2D eigenvalue weighted by Gasteiger charge is -2.32. The molecule has 1 aromatic heterocycles. The topological polar surface area (TPSA) is 56.3 Å². The van der Waals surface area contributed by atoms with Crippen molar-refractivity contribution in [3.05, 3.63) is 114 Å². The minimum atomic E-state index is 0.0678. The Kier molecular flexibility index (Phi) is 6.57. The first-order chi connectivity index (χ1) is 17.8. The number of hydrogen-bond donors (Lipinski definition) is 1. The summed E-state index contributed by atoms with van der Waals surface area (Å²) in [5, 5.41) is 8.39. The van der Waals surface area contributed by atoms with E-state index in [-0.39, 0.29) is 12.0 Å². The maximum atomic E-state index is 6.41. The summed E-state index contributed by atoms with van der Waals surface area (Å²) in [7, 11) is 0. The molecule has 5 heteroatoms. The van der Waals surface area contributed by atoms with E-state index < -0.39 is 0 Å². The average molecular weight is 476 g/mol. The molecule has 1 aliphatic heterocycles. The molecule has 2 unspecified atom stereocenters. The van der Waals surface area contributed by atoms with Crippen molar-refractivity contribution in [2.75, 3.05) is 13.1 Å². The Bertz CT molecular complexity index is 1470. The number of benzene rings is 4. The lowest BCUT2D eigenvalue weighted by Crippen LogP contribution is -2.41. The molecule has 0 saturated carbocycles. The fourth-order valence-electron chi connectivity index (χ4n) is 4.99. The van der Waals surface area contributed by atoms with Crippen molar-refractivity contribution in [3.63, 3.8) is 0 Å². The molecule has 1 aliphatic rings. The third kappa shape index (κ3) is 5.08. The minimum absolute atomic E-state index is 0.0678. The van der Waals surface area contributed by atoms with Crippen molar-refractivity contribution in [1.82, 2.24) is 15.3 Å². The molecule has 5 nitrogen and oxygen atoms in total. The fourth-order valence-corrected chi connectivity index (χ4v) is 4.99. The van der Waals surface area contributed by atoms with E-state index in [1.807, 2.05) is 18.5 Å². The molecular formula is C31H29N3O2. The molecule has 1 fully saturated rings. The van der Waals surface area contributed by atoms with E-state index in [2.05, 4.69) is 94.1 Å². The maximum Gasteiger partial charge on any atom is 0.316 e. The van der Waals surface area contributed by atoms with Crippen LogP contribution in [0.3, 0.4) is 0 Å². The molecule has 36 heavy (non-hydrogen) atoms. The summed E-state index contributed by atoms with van der Waals surface area (Å²) in [5.41, 5.74) is 3.38. The van der Waals surface area contributed by atoms with E-state index in [1.165, 1.54) is 27.1 Å². The van der Waals surface area contributed by atoms with E-state index in [1.54, 1.807) is 0 Å². The summed E-state index contributed by atoms with van der Waals surface area (Å²) in [6, 6.07) is 30.0. The molecule has 4 aromatic carbocycles. The van der Waals surface area contributed by atoms with Crippen LogP contribution in [0.25, 0.3) is 21.5 Å². The van der Waals surface area contributed by atoms with Gasteiger partial charge in [0.2, 0.25) is 0 Å². The lowest BCUT2D eigenvalue weighted by atomic mass is 9.89. The van der Waals surface area contributed by atoms with Crippen LogP contribution >= 0.6 is 0 Å². The largest absolute Gasteiger partial charge is 0.459 e. The molecule has 6 rings (SSSR count).